The summed E-state index contributed by atoms with van der Waals surface area (Å²) in [5.41, 5.74) is 0. The zero-order valence-electron chi connectivity index (χ0n) is 7.76. The van der Waals surface area contributed by atoms with Crippen LogP contribution in [0.3, 0.4) is 0 Å². The molecule has 0 saturated carbocycles. The number of thioether (sulfide) groups is 1. The van der Waals surface area contributed by atoms with Crippen LogP contribution in [0.25, 0.3) is 0 Å². The van der Waals surface area contributed by atoms with Crippen LogP contribution < -0.4 is 5.32 Å². The molecule has 0 fully saturated rings. The van der Waals surface area contributed by atoms with Crippen molar-refractivity contribution < 1.29 is 4.42 Å². The molecule has 68 valence electrons. The van der Waals surface area contributed by atoms with Crippen molar-refractivity contribution >= 4 is 11.8 Å². The fourth-order valence-corrected chi connectivity index (χ4v) is 1.82. The summed E-state index contributed by atoms with van der Waals surface area (Å²) < 4.78 is 5.19. The van der Waals surface area contributed by atoms with Gasteiger partial charge < -0.3 is 9.73 Å². The molecule has 1 aromatic rings. The fourth-order valence-electron chi connectivity index (χ4n) is 0.821. The van der Waals surface area contributed by atoms with E-state index in [-0.39, 0.29) is 0 Å². The van der Waals surface area contributed by atoms with Gasteiger partial charge in [0.05, 0.1) is 6.26 Å². The van der Waals surface area contributed by atoms with Crippen LogP contribution in [0, 0.1) is 6.92 Å². The predicted octanol–water partition coefficient (Wildman–Crippen LogP) is 2.29. The van der Waals surface area contributed by atoms with Gasteiger partial charge in [-0.15, -0.1) is 11.8 Å². The second-order valence-electron chi connectivity index (χ2n) is 2.84. The molecule has 1 rings (SSSR count). The molecule has 0 spiro atoms. The van der Waals surface area contributed by atoms with E-state index >= 15 is 0 Å². The topological polar surface area (TPSA) is 25.2 Å². The Kier molecular flexibility index (Phi) is 3.69. The SMILES string of the molecule is CNC(C)CSc1ccoc1C. The average Bonchev–Trinajstić information content (AvgIpc) is 2.47. The first-order valence-corrected chi connectivity index (χ1v) is 5.06. The highest BCUT2D eigenvalue weighted by atomic mass is 32.2. The van der Waals surface area contributed by atoms with Crippen LogP contribution in [0.15, 0.2) is 21.6 Å². The zero-order valence-corrected chi connectivity index (χ0v) is 8.57. The van der Waals surface area contributed by atoms with E-state index in [2.05, 4.69) is 12.2 Å². The molecule has 1 unspecified atom stereocenters. The fraction of sp³-hybridized carbons (Fsp3) is 0.556. The minimum Gasteiger partial charge on any atom is -0.468 e. The van der Waals surface area contributed by atoms with Crippen molar-refractivity contribution in [2.75, 3.05) is 12.8 Å². The lowest BCUT2D eigenvalue weighted by Crippen LogP contribution is -2.23. The zero-order chi connectivity index (χ0) is 8.97. The van der Waals surface area contributed by atoms with Gasteiger partial charge in [-0.05, 0) is 27.0 Å². The third-order valence-corrected chi connectivity index (χ3v) is 3.19. The molecule has 2 nitrogen and oxygen atoms in total. The van der Waals surface area contributed by atoms with Crippen molar-refractivity contribution in [2.24, 2.45) is 0 Å². The molecule has 0 radical (unpaired) electrons. The minimum atomic E-state index is 0.546. The van der Waals surface area contributed by atoms with E-state index in [4.69, 9.17) is 4.42 Å². The smallest absolute Gasteiger partial charge is 0.114 e. The maximum Gasteiger partial charge on any atom is 0.114 e. The number of hydrogen-bond donors (Lipinski definition) is 1. The Morgan fingerprint density at radius 1 is 1.67 bits per heavy atom. The van der Waals surface area contributed by atoms with Crippen LogP contribution in [0.1, 0.15) is 12.7 Å². The van der Waals surface area contributed by atoms with Gasteiger partial charge in [-0.25, -0.2) is 0 Å². The van der Waals surface area contributed by atoms with E-state index in [9.17, 15) is 0 Å². The van der Waals surface area contributed by atoms with E-state index in [0.717, 1.165) is 11.5 Å². The highest BCUT2D eigenvalue weighted by Crippen LogP contribution is 2.23. The van der Waals surface area contributed by atoms with Crippen molar-refractivity contribution in [3.63, 3.8) is 0 Å². The number of nitrogens with one attached hydrogen (secondary N) is 1. The van der Waals surface area contributed by atoms with Gasteiger partial charge in [-0.3, -0.25) is 0 Å². The molecule has 0 aromatic carbocycles. The summed E-state index contributed by atoms with van der Waals surface area (Å²) in [5, 5.41) is 3.20. The van der Waals surface area contributed by atoms with Gasteiger partial charge in [0, 0.05) is 16.7 Å². The highest BCUT2D eigenvalue weighted by Gasteiger charge is 2.03. The van der Waals surface area contributed by atoms with Crippen LogP contribution in [-0.4, -0.2) is 18.8 Å². The second-order valence-corrected chi connectivity index (χ2v) is 3.90. The number of furan rings is 1. The molecule has 3 heteroatoms. The predicted molar refractivity (Wildman–Crippen MR) is 52.7 cm³/mol. The van der Waals surface area contributed by atoms with Crippen LogP contribution in [0.2, 0.25) is 0 Å². The summed E-state index contributed by atoms with van der Waals surface area (Å²) in [6.45, 7) is 4.16. The van der Waals surface area contributed by atoms with E-state index in [1.807, 2.05) is 31.8 Å². The molecule has 1 aromatic heterocycles. The van der Waals surface area contributed by atoms with E-state index in [1.54, 1.807) is 6.26 Å². The first-order valence-electron chi connectivity index (χ1n) is 4.08. The normalized spacial score (nSPS) is 13.2. The van der Waals surface area contributed by atoms with Gasteiger partial charge in [-0.2, -0.15) is 0 Å². The molecule has 0 aliphatic heterocycles. The van der Waals surface area contributed by atoms with Gasteiger partial charge in [0.2, 0.25) is 0 Å². The van der Waals surface area contributed by atoms with Crippen LogP contribution >= 0.6 is 11.8 Å². The molecule has 1 N–H and O–H groups in total. The Hall–Kier alpha value is -0.410. The number of hydrogen-bond acceptors (Lipinski definition) is 3. The van der Waals surface area contributed by atoms with E-state index < -0.39 is 0 Å². The molecule has 0 aliphatic carbocycles. The minimum absolute atomic E-state index is 0.546. The highest BCUT2D eigenvalue weighted by molar-refractivity contribution is 7.99. The average molecular weight is 185 g/mol. The molecule has 0 amide bonds. The largest absolute Gasteiger partial charge is 0.468 e. The van der Waals surface area contributed by atoms with E-state index in [1.165, 1.54) is 4.90 Å². The maximum atomic E-state index is 5.19. The van der Waals surface area contributed by atoms with Crippen molar-refractivity contribution in [2.45, 2.75) is 24.8 Å². The second kappa shape index (κ2) is 4.58. The molecule has 0 aliphatic rings. The van der Waals surface area contributed by atoms with Gasteiger partial charge in [0.1, 0.15) is 5.76 Å². The lowest BCUT2D eigenvalue weighted by molar-refractivity contribution is 0.527. The lowest BCUT2D eigenvalue weighted by Gasteiger charge is -2.07. The van der Waals surface area contributed by atoms with Crippen molar-refractivity contribution in [3.05, 3.63) is 18.1 Å². The number of rotatable bonds is 4. The Labute approximate surface area is 77.7 Å². The van der Waals surface area contributed by atoms with Gasteiger partial charge >= 0.3 is 0 Å². The quantitative estimate of drug-likeness (QED) is 0.729. The van der Waals surface area contributed by atoms with Gasteiger partial charge in [0.25, 0.3) is 0 Å². The Morgan fingerprint density at radius 3 is 2.92 bits per heavy atom. The molecular formula is C9H15NOS. The Morgan fingerprint density at radius 2 is 2.42 bits per heavy atom. The van der Waals surface area contributed by atoms with Crippen LogP contribution in [-0.2, 0) is 0 Å². The van der Waals surface area contributed by atoms with Crippen molar-refractivity contribution in [1.29, 1.82) is 0 Å². The monoisotopic (exact) mass is 185 g/mol. The van der Waals surface area contributed by atoms with Gasteiger partial charge in [0.15, 0.2) is 0 Å². The molecule has 0 saturated heterocycles. The summed E-state index contributed by atoms with van der Waals surface area (Å²) in [7, 11) is 1.98. The van der Waals surface area contributed by atoms with Crippen molar-refractivity contribution in [3.8, 4) is 0 Å². The van der Waals surface area contributed by atoms with Crippen LogP contribution in [0.5, 0.6) is 0 Å². The summed E-state index contributed by atoms with van der Waals surface area (Å²) in [6.07, 6.45) is 1.74. The van der Waals surface area contributed by atoms with Crippen molar-refractivity contribution in [1.82, 2.24) is 5.32 Å². The molecule has 1 heterocycles. The van der Waals surface area contributed by atoms with Crippen LogP contribution in [0.4, 0.5) is 0 Å². The molecule has 12 heavy (non-hydrogen) atoms. The standard InChI is InChI=1S/C9H15NOS/c1-7(10-3)6-12-9-4-5-11-8(9)2/h4-5,7,10H,6H2,1-3H3. The summed E-state index contributed by atoms with van der Waals surface area (Å²) >= 11 is 1.83. The van der Waals surface area contributed by atoms with E-state index in [0.29, 0.717) is 6.04 Å². The lowest BCUT2D eigenvalue weighted by atomic mass is 10.4. The third-order valence-electron chi connectivity index (χ3n) is 1.79. The molecular weight excluding hydrogens is 170 g/mol. The summed E-state index contributed by atoms with van der Waals surface area (Å²) in [6, 6.07) is 2.56. The first kappa shape index (κ1) is 9.68. The number of aryl methyl sites for hydroxylation is 1. The third kappa shape index (κ3) is 2.57. The summed E-state index contributed by atoms with van der Waals surface area (Å²) in [4.78, 5) is 1.25. The Balaban J connectivity index is 2.38. The summed E-state index contributed by atoms with van der Waals surface area (Å²) in [5.74, 6) is 2.10. The first-order chi connectivity index (χ1) is 5.74. The molecule has 1 atom stereocenters. The Bertz CT molecular complexity index is 234. The molecule has 0 bridgehead atoms. The maximum absolute atomic E-state index is 5.19. The van der Waals surface area contributed by atoms with Gasteiger partial charge in [-0.1, -0.05) is 0 Å².